The molecule has 0 aromatic heterocycles. The maximum Gasteiger partial charge on any atom is 0.389 e. The Hall–Kier alpha value is 0.340. The predicted octanol–water partition coefficient (Wildman–Crippen LogP) is 2.35. The van der Waals surface area contributed by atoms with Gasteiger partial charge in [-0.2, -0.15) is 0 Å². The molecule has 24 heavy (non-hydrogen) atoms. The molecule has 0 amide bonds. The molecular formula is C15H29O7PS. The molecule has 2 aliphatic heterocycles. The lowest BCUT2D eigenvalue weighted by Crippen LogP contribution is -2.29. The van der Waals surface area contributed by atoms with E-state index in [1.165, 1.54) is 11.4 Å². The number of rotatable bonds is 10. The lowest BCUT2D eigenvalue weighted by molar-refractivity contribution is -0.00614. The van der Waals surface area contributed by atoms with Crippen molar-refractivity contribution in [1.29, 1.82) is 0 Å². The molecule has 2 N–H and O–H groups in total. The van der Waals surface area contributed by atoms with Gasteiger partial charge in [0.05, 0.1) is 25.4 Å². The normalized spacial score (nSPS) is 34.3. The minimum atomic E-state index is -3.45. The lowest BCUT2D eigenvalue weighted by Gasteiger charge is -2.26. The third kappa shape index (κ3) is 5.95. The smallest absolute Gasteiger partial charge is 0.389 e. The van der Waals surface area contributed by atoms with E-state index in [0.717, 1.165) is 12.8 Å². The van der Waals surface area contributed by atoms with Gasteiger partial charge in [0, 0.05) is 24.9 Å². The number of aliphatic hydroxyl groups is 2. The molecular weight excluding hydrogens is 355 g/mol. The monoisotopic (exact) mass is 384 g/mol. The van der Waals surface area contributed by atoms with Gasteiger partial charge in [0.2, 0.25) is 0 Å². The Bertz CT molecular complexity index is 425. The third-order valence-corrected chi connectivity index (χ3v) is 8.45. The Morgan fingerprint density at radius 2 is 2.00 bits per heavy atom. The highest BCUT2D eigenvalue weighted by Crippen LogP contribution is 2.64. The van der Waals surface area contributed by atoms with Crippen LogP contribution in [-0.4, -0.2) is 66.3 Å². The van der Waals surface area contributed by atoms with Crippen LogP contribution in [0.3, 0.4) is 0 Å². The van der Waals surface area contributed by atoms with Crippen LogP contribution in [0.4, 0.5) is 0 Å². The second-order valence-electron chi connectivity index (χ2n) is 6.24. The van der Waals surface area contributed by atoms with Crippen molar-refractivity contribution < 1.29 is 33.3 Å². The maximum absolute atomic E-state index is 13.2. The molecule has 2 rings (SSSR count). The van der Waals surface area contributed by atoms with Crippen LogP contribution in [0.2, 0.25) is 0 Å². The van der Waals surface area contributed by atoms with E-state index in [1.807, 2.05) is 6.92 Å². The van der Waals surface area contributed by atoms with Crippen molar-refractivity contribution >= 4 is 18.2 Å². The van der Waals surface area contributed by atoms with Gasteiger partial charge in [-0.25, -0.2) is 4.57 Å². The van der Waals surface area contributed by atoms with Gasteiger partial charge >= 0.3 is 6.80 Å². The van der Waals surface area contributed by atoms with E-state index in [2.05, 4.69) is 6.92 Å². The van der Waals surface area contributed by atoms with Crippen LogP contribution in [0.5, 0.6) is 0 Å². The largest absolute Gasteiger partial charge is 0.394 e. The number of aliphatic hydroxyl groups excluding tert-OH is 2. The molecule has 2 aliphatic rings. The van der Waals surface area contributed by atoms with Crippen LogP contribution < -0.4 is 0 Å². The Labute approximate surface area is 147 Å². The summed E-state index contributed by atoms with van der Waals surface area (Å²) in [4.78, 5) is 0. The van der Waals surface area contributed by atoms with Gasteiger partial charge < -0.3 is 19.7 Å². The Morgan fingerprint density at radius 3 is 2.62 bits per heavy atom. The van der Waals surface area contributed by atoms with E-state index in [-0.39, 0.29) is 18.5 Å². The van der Waals surface area contributed by atoms with Gasteiger partial charge in [-0.3, -0.25) is 9.05 Å². The molecule has 0 spiro atoms. The van der Waals surface area contributed by atoms with Crippen molar-refractivity contribution in [2.24, 2.45) is 0 Å². The molecule has 6 atom stereocenters. The lowest BCUT2D eigenvalue weighted by atomic mass is 10.2. The standard InChI is InChI=1S/C15H29O7PS/c1-3-4-11(2)24-23(18,21-10-15-12(17)5-7-20-15)22-13-6-8-19-14(13)9-16/h11-17H,3-10H2,1-2H3/t11?,12?,13?,14-,15-,23+/m1/s1. The van der Waals surface area contributed by atoms with Crippen LogP contribution in [0.15, 0.2) is 0 Å². The Balaban J connectivity index is 1.98. The highest BCUT2D eigenvalue weighted by atomic mass is 32.7. The summed E-state index contributed by atoms with van der Waals surface area (Å²) in [7, 11) is 0. The number of hydrogen-bond acceptors (Lipinski definition) is 8. The third-order valence-electron chi connectivity index (χ3n) is 4.17. The van der Waals surface area contributed by atoms with Crippen LogP contribution >= 0.6 is 18.2 Å². The summed E-state index contributed by atoms with van der Waals surface area (Å²) in [6, 6.07) is 0. The minimum absolute atomic E-state index is 0.0294. The van der Waals surface area contributed by atoms with Crippen LogP contribution in [0.1, 0.15) is 39.5 Å². The summed E-state index contributed by atoms with van der Waals surface area (Å²) in [5, 5.41) is 19.3. The molecule has 142 valence electrons. The summed E-state index contributed by atoms with van der Waals surface area (Å²) in [5.74, 6) is 0. The van der Waals surface area contributed by atoms with Crippen molar-refractivity contribution in [3.8, 4) is 0 Å². The van der Waals surface area contributed by atoms with Crippen molar-refractivity contribution in [3.05, 3.63) is 0 Å². The fourth-order valence-corrected chi connectivity index (χ4v) is 7.15. The molecule has 0 aliphatic carbocycles. The summed E-state index contributed by atoms with van der Waals surface area (Å²) in [6.45, 7) is 1.40. The number of ether oxygens (including phenoxy) is 2. The van der Waals surface area contributed by atoms with E-state index in [0.29, 0.717) is 26.1 Å². The van der Waals surface area contributed by atoms with Crippen LogP contribution in [0, 0.1) is 0 Å². The van der Waals surface area contributed by atoms with E-state index < -0.39 is 31.2 Å². The first-order valence-corrected chi connectivity index (χ1v) is 11.6. The predicted molar refractivity (Wildman–Crippen MR) is 92.2 cm³/mol. The van der Waals surface area contributed by atoms with Crippen LogP contribution in [-0.2, 0) is 23.1 Å². The Morgan fingerprint density at radius 1 is 1.29 bits per heavy atom. The SMILES string of the molecule is CCCC(C)S[P@@](=O)(OC[C@H]1OCCC1O)OC1CCO[C@@H]1CO. The average Bonchev–Trinajstić information content (AvgIpc) is 3.14. The molecule has 2 heterocycles. The first kappa shape index (κ1) is 20.6. The van der Waals surface area contributed by atoms with Gasteiger partial charge in [-0.1, -0.05) is 20.3 Å². The second-order valence-corrected chi connectivity index (χ2v) is 10.6. The average molecular weight is 384 g/mol. The van der Waals surface area contributed by atoms with Crippen molar-refractivity contribution in [2.45, 2.75) is 69.2 Å². The highest BCUT2D eigenvalue weighted by Gasteiger charge is 2.39. The van der Waals surface area contributed by atoms with Gasteiger partial charge in [0.1, 0.15) is 12.2 Å². The molecule has 0 saturated carbocycles. The molecule has 7 nitrogen and oxygen atoms in total. The number of hydrogen-bond donors (Lipinski definition) is 2. The Kier molecular flexibility index (Phi) is 8.50. The van der Waals surface area contributed by atoms with Gasteiger partial charge in [0.25, 0.3) is 0 Å². The fourth-order valence-electron chi connectivity index (χ4n) is 2.81. The molecule has 0 aromatic rings. The summed E-state index contributed by atoms with van der Waals surface area (Å²) >= 11 is 1.19. The van der Waals surface area contributed by atoms with E-state index in [1.54, 1.807) is 0 Å². The molecule has 2 saturated heterocycles. The van der Waals surface area contributed by atoms with E-state index in [9.17, 15) is 14.8 Å². The highest BCUT2D eigenvalue weighted by molar-refractivity contribution is 8.55. The molecule has 0 aromatic carbocycles. The van der Waals surface area contributed by atoms with E-state index >= 15 is 0 Å². The molecule has 2 fully saturated rings. The van der Waals surface area contributed by atoms with Crippen molar-refractivity contribution in [2.75, 3.05) is 26.4 Å². The zero-order chi connectivity index (χ0) is 17.6. The summed E-state index contributed by atoms with van der Waals surface area (Å²) < 4.78 is 35.4. The molecule has 9 heteroatoms. The fraction of sp³-hybridized carbons (Fsp3) is 1.00. The first-order valence-electron chi connectivity index (χ1n) is 8.61. The van der Waals surface area contributed by atoms with Crippen LogP contribution in [0.25, 0.3) is 0 Å². The maximum atomic E-state index is 13.2. The van der Waals surface area contributed by atoms with Crippen molar-refractivity contribution in [1.82, 2.24) is 0 Å². The second kappa shape index (κ2) is 9.88. The molecule has 0 radical (unpaired) electrons. The quantitative estimate of drug-likeness (QED) is 0.555. The van der Waals surface area contributed by atoms with Gasteiger partial charge in [-0.05, 0) is 24.2 Å². The minimum Gasteiger partial charge on any atom is -0.394 e. The first-order chi connectivity index (χ1) is 11.5. The summed E-state index contributed by atoms with van der Waals surface area (Å²) in [6.07, 6.45) is 1.01. The van der Waals surface area contributed by atoms with Gasteiger partial charge in [0.15, 0.2) is 0 Å². The topological polar surface area (TPSA) is 94.5 Å². The van der Waals surface area contributed by atoms with Gasteiger partial charge in [-0.15, -0.1) is 0 Å². The van der Waals surface area contributed by atoms with Crippen molar-refractivity contribution in [3.63, 3.8) is 0 Å². The summed E-state index contributed by atoms with van der Waals surface area (Å²) in [5.41, 5.74) is 0. The molecule has 3 unspecified atom stereocenters. The van der Waals surface area contributed by atoms with E-state index in [4.69, 9.17) is 18.5 Å². The zero-order valence-electron chi connectivity index (χ0n) is 14.3. The zero-order valence-corrected chi connectivity index (χ0v) is 16.0. The molecule has 0 bridgehead atoms.